The van der Waals surface area contributed by atoms with Crippen LogP contribution in [-0.4, -0.2) is 49.7 Å². The third kappa shape index (κ3) is 5.60. The summed E-state index contributed by atoms with van der Waals surface area (Å²) in [6.45, 7) is 10.8. The molecule has 0 N–H and O–H groups in total. The minimum absolute atomic E-state index is 0.852. The van der Waals surface area contributed by atoms with Gasteiger partial charge in [0.25, 0.3) is 0 Å². The summed E-state index contributed by atoms with van der Waals surface area (Å²) < 4.78 is 11.6. The van der Waals surface area contributed by atoms with E-state index >= 15 is 0 Å². The van der Waals surface area contributed by atoms with Gasteiger partial charge in [-0.2, -0.15) is 0 Å². The summed E-state index contributed by atoms with van der Waals surface area (Å²) >= 11 is -0.434. The van der Waals surface area contributed by atoms with Gasteiger partial charge in [-0.3, -0.25) is 0 Å². The minimum atomic E-state index is -2.33. The van der Waals surface area contributed by atoms with E-state index in [-0.39, 0.29) is 0 Å². The zero-order valence-corrected chi connectivity index (χ0v) is 19.7. The average Bonchev–Trinajstić information content (AvgIpc) is 3.13. The Morgan fingerprint density at radius 1 is 1.00 bits per heavy atom. The molecule has 2 rings (SSSR count). The molecule has 0 bridgehead atoms. The summed E-state index contributed by atoms with van der Waals surface area (Å²) in [6.07, 6.45) is 8.22. The summed E-state index contributed by atoms with van der Waals surface area (Å²) in [5, 5.41) is 3.72. The molecule has 1 saturated heterocycles. The van der Waals surface area contributed by atoms with Crippen molar-refractivity contribution >= 4 is 38.6 Å². The molecule has 0 aromatic carbocycles. The Kier molecular flexibility index (Phi) is 9.41. The van der Waals surface area contributed by atoms with Crippen LogP contribution in [0.2, 0.25) is 13.3 Å². The van der Waals surface area contributed by atoms with Crippen LogP contribution in [-0.2, 0) is 4.74 Å². The second-order valence-corrected chi connectivity index (χ2v) is 21.1. The Morgan fingerprint density at radius 2 is 1.54 bits per heavy atom. The molecule has 0 atom stereocenters. The fourth-order valence-corrected chi connectivity index (χ4v) is 21.7. The van der Waals surface area contributed by atoms with Crippen LogP contribution in [0.25, 0.3) is 0 Å². The van der Waals surface area contributed by atoms with Crippen LogP contribution in [0.1, 0.15) is 59.3 Å². The molecule has 0 radical (unpaired) electrons. The van der Waals surface area contributed by atoms with Crippen molar-refractivity contribution in [3.63, 3.8) is 0 Å². The summed E-state index contributed by atoms with van der Waals surface area (Å²) in [5.41, 5.74) is 0. The molecule has 0 spiro atoms. The summed E-state index contributed by atoms with van der Waals surface area (Å²) in [4.78, 5) is 7.69. The van der Waals surface area contributed by atoms with E-state index < -0.39 is 18.4 Å². The number of nitrogens with zero attached hydrogens (tertiary/aromatic N) is 2. The fourth-order valence-electron chi connectivity index (χ4n) is 3.71. The molecular weight excluding hydrogens is 423 g/mol. The van der Waals surface area contributed by atoms with E-state index in [4.69, 9.17) is 9.72 Å². The molecule has 0 amide bonds. The molecule has 5 heteroatoms. The van der Waals surface area contributed by atoms with Gasteiger partial charge in [0.2, 0.25) is 0 Å². The second kappa shape index (κ2) is 11.0. The van der Waals surface area contributed by atoms with E-state index in [1.807, 2.05) is 11.3 Å². The monoisotopic (exact) mass is 460 g/mol. The van der Waals surface area contributed by atoms with Gasteiger partial charge in [0.15, 0.2) is 0 Å². The first-order chi connectivity index (χ1) is 11.8. The van der Waals surface area contributed by atoms with Crippen LogP contribution in [0.5, 0.6) is 0 Å². The van der Waals surface area contributed by atoms with Gasteiger partial charge in [0.1, 0.15) is 0 Å². The van der Waals surface area contributed by atoms with Gasteiger partial charge in [0.05, 0.1) is 0 Å². The first-order valence-electron chi connectivity index (χ1n) is 10.0. The van der Waals surface area contributed by atoms with E-state index in [1.165, 1.54) is 57.0 Å². The van der Waals surface area contributed by atoms with Crippen LogP contribution in [0.4, 0.5) is 5.13 Å². The molecule has 1 aromatic heterocycles. The number of ether oxygens (including phenoxy) is 1. The van der Waals surface area contributed by atoms with Gasteiger partial charge < -0.3 is 0 Å². The number of rotatable bonds is 11. The molecule has 0 unspecified atom stereocenters. The molecule has 1 aliphatic heterocycles. The standard InChI is InChI=1S/C7H9N2OS.3C4H9.Sn/c1-6-11-7(8-1)9-2-4-10-5-3-9;3*1-3-4-2;/h6H,2-5H2;3*1,3-4H2,2H3;. The fraction of sp³-hybridized carbons (Fsp3) is 0.842. The van der Waals surface area contributed by atoms with Crippen LogP contribution in [0.3, 0.4) is 0 Å². The summed E-state index contributed by atoms with van der Waals surface area (Å²) in [5.74, 6) is 0. The first kappa shape index (κ1) is 20.5. The van der Waals surface area contributed by atoms with Gasteiger partial charge in [0, 0.05) is 0 Å². The molecule has 138 valence electrons. The molecular formula is C19H36N2OSSn. The van der Waals surface area contributed by atoms with E-state index in [2.05, 4.69) is 31.1 Å². The van der Waals surface area contributed by atoms with Gasteiger partial charge >= 0.3 is 157 Å². The molecule has 1 aliphatic rings. The van der Waals surface area contributed by atoms with Crippen molar-refractivity contribution in [3.05, 3.63) is 5.38 Å². The molecule has 24 heavy (non-hydrogen) atoms. The van der Waals surface area contributed by atoms with E-state index in [9.17, 15) is 0 Å². The van der Waals surface area contributed by atoms with Crippen LogP contribution < -0.4 is 8.61 Å². The Bertz CT molecular complexity index is 438. The Morgan fingerprint density at radius 3 is 2.04 bits per heavy atom. The van der Waals surface area contributed by atoms with Crippen molar-refractivity contribution in [1.29, 1.82) is 0 Å². The summed E-state index contributed by atoms with van der Waals surface area (Å²) in [6, 6.07) is 0. The van der Waals surface area contributed by atoms with E-state index in [1.54, 1.807) is 3.71 Å². The molecule has 1 aromatic rings. The zero-order valence-electron chi connectivity index (χ0n) is 16.0. The maximum atomic E-state index is 5.50. The number of unbranched alkanes of at least 4 members (excludes halogenated alkanes) is 3. The molecule has 3 nitrogen and oxygen atoms in total. The first-order valence-corrected chi connectivity index (χ1v) is 18.4. The number of morpholine rings is 1. The number of anilines is 1. The Hall–Kier alpha value is 0.189. The predicted molar refractivity (Wildman–Crippen MR) is 110 cm³/mol. The van der Waals surface area contributed by atoms with Crippen LogP contribution in [0.15, 0.2) is 5.38 Å². The van der Waals surface area contributed by atoms with Crippen molar-refractivity contribution in [2.75, 3.05) is 31.2 Å². The van der Waals surface area contributed by atoms with Crippen LogP contribution >= 0.6 is 11.3 Å². The molecule has 1 fully saturated rings. The Balaban J connectivity index is 2.20. The number of hydrogen-bond acceptors (Lipinski definition) is 4. The van der Waals surface area contributed by atoms with E-state index in [0.29, 0.717) is 0 Å². The quantitative estimate of drug-likeness (QED) is 0.434. The van der Waals surface area contributed by atoms with Crippen molar-refractivity contribution in [2.24, 2.45) is 0 Å². The van der Waals surface area contributed by atoms with Crippen molar-refractivity contribution < 1.29 is 4.74 Å². The van der Waals surface area contributed by atoms with Gasteiger partial charge in [-0.25, -0.2) is 0 Å². The zero-order chi connectivity index (χ0) is 17.3. The van der Waals surface area contributed by atoms with Crippen molar-refractivity contribution in [2.45, 2.75) is 72.6 Å². The predicted octanol–water partition coefficient (Wildman–Crippen LogP) is 5.04. The normalized spacial score (nSPS) is 15.9. The van der Waals surface area contributed by atoms with Gasteiger partial charge in [-0.1, -0.05) is 0 Å². The molecule has 0 saturated carbocycles. The van der Waals surface area contributed by atoms with Gasteiger partial charge in [-0.15, -0.1) is 0 Å². The number of hydrogen-bond donors (Lipinski definition) is 0. The summed E-state index contributed by atoms with van der Waals surface area (Å²) in [7, 11) is 0. The topological polar surface area (TPSA) is 25.4 Å². The Labute approximate surface area is 157 Å². The van der Waals surface area contributed by atoms with E-state index in [0.717, 1.165) is 26.3 Å². The molecule has 2 heterocycles. The SMILES string of the molecule is CCC[CH2][Sn]([CH2]CCC)([CH2]CCC)[c]1csc(N2CCOCC2)n1. The average molecular weight is 459 g/mol. The van der Waals surface area contributed by atoms with Crippen molar-refractivity contribution in [3.8, 4) is 0 Å². The van der Waals surface area contributed by atoms with Crippen molar-refractivity contribution in [1.82, 2.24) is 4.98 Å². The maximum absolute atomic E-state index is 5.50. The molecule has 0 aliphatic carbocycles. The third-order valence-corrected chi connectivity index (χ3v) is 21.9. The van der Waals surface area contributed by atoms with Gasteiger partial charge in [-0.05, 0) is 0 Å². The second-order valence-electron chi connectivity index (χ2n) is 7.21. The van der Waals surface area contributed by atoms with Crippen LogP contribution in [0, 0.1) is 0 Å². The number of thiazole rings is 1. The number of aromatic nitrogens is 1. The third-order valence-electron chi connectivity index (χ3n) is 5.34.